The monoisotopic (exact) mass is 343 g/mol. The molecular formula is C20H29N3O2. The van der Waals surface area contributed by atoms with Crippen LogP contribution in [0.3, 0.4) is 0 Å². The summed E-state index contributed by atoms with van der Waals surface area (Å²) in [5.41, 5.74) is 1.04. The number of rotatable bonds is 5. The van der Waals surface area contributed by atoms with Crippen LogP contribution in [0.2, 0.25) is 0 Å². The average molecular weight is 343 g/mol. The second-order valence-electron chi connectivity index (χ2n) is 7.23. The van der Waals surface area contributed by atoms with Crippen LogP contribution in [0.4, 0.5) is 0 Å². The number of hydrogen-bond donors (Lipinski definition) is 1. The Morgan fingerprint density at radius 2 is 1.88 bits per heavy atom. The zero-order valence-electron chi connectivity index (χ0n) is 15.1. The number of carbonyl (C=O) groups is 2. The minimum absolute atomic E-state index is 0.0362. The molecule has 2 aliphatic heterocycles. The minimum atomic E-state index is -0.0362. The van der Waals surface area contributed by atoms with E-state index in [1.54, 1.807) is 0 Å². The normalized spacial score (nSPS) is 23.7. The van der Waals surface area contributed by atoms with E-state index in [2.05, 4.69) is 5.32 Å². The lowest BCUT2D eigenvalue weighted by Crippen LogP contribution is -2.49. The molecule has 1 aromatic carbocycles. The Labute approximate surface area is 150 Å². The lowest BCUT2D eigenvalue weighted by atomic mass is 9.95. The molecule has 2 fully saturated rings. The first-order valence-electron chi connectivity index (χ1n) is 9.46. The highest BCUT2D eigenvalue weighted by molar-refractivity contribution is 5.82. The molecule has 1 N–H and O–H groups in total. The molecule has 1 aromatic rings. The molecule has 5 nitrogen and oxygen atoms in total. The lowest BCUT2D eigenvalue weighted by Gasteiger charge is -2.35. The Kier molecular flexibility index (Phi) is 6.08. The second-order valence-corrected chi connectivity index (χ2v) is 7.23. The van der Waals surface area contributed by atoms with Crippen molar-refractivity contribution < 1.29 is 9.59 Å². The van der Waals surface area contributed by atoms with Gasteiger partial charge in [0, 0.05) is 32.2 Å². The quantitative estimate of drug-likeness (QED) is 0.885. The van der Waals surface area contributed by atoms with Gasteiger partial charge in [-0.25, -0.2) is 0 Å². The minimum Gasteiger partial charge on any atom is -0.342 e. The molecule has 2 aliphatic rings. The summed E-state index contributed by atoms with van der Waals surface area (Å²) >= 11 is 0. The van der Waals surface area contributed by atoms with E-state index in [-0.39, 0.29) is 17.7 Å². The van der Waals surface area contributed by atoms with Crippen LogP contribution >= 0.6 is 0 Å². The fraction of sp³-hybridized carbons (Fsp3) is 0.600. The van der Waals surface area contributed by atoms with Gasteiger partial charge in [-0.15, -0.1) is 0 Å². The van der Waals surface area contributed by atoms with E-state index >= 15 is 0 Å². The van der Waals surface area contributed by atoms with Crippen molar-refractivity contribution in [2.45, 2.75) is 38.1 Å². The van der Waals surface area contributed by atoms with Crippen LogP contribution in [0, 0.1) is 5.92 Å². The molecule has 2 amide bonds. The topological polar surface area (TPSA) is 52.7 Å². The van der Waals surface area contributed by atoms with Gasteiger partial charge >= 0.3 is 0 Å². The number of nitrogens with one attached hydrogen (secondary N) is 1. The molecule has 2 saturated heterocycles. The van der Waals surface area contributed by atoms with Crippen LogP contribution in [0.1, 0.15) is 31.2 Å². The number of piperidine rings is 1. The number of likely N-dealkylation sites (N-methyl/N-ethyl adjacent to an activating group) is 1. The molecule has 136 valence electrons. The molecule has 0 saturated carbocycles. The smallest absolute Gasteiger partial charge is 0.227 e. The van der Waals surface area contributed by atoms with Crippen LogP contribution in [0.5, 0.6) is 0 Å². The summed E-state index contributed by atoms with van der Waals surface area (Å²) in [6.45, 7) is 3.07. The molecule has 2 atom stereocenters. The molecule has 5 heteroatoms. The van der Waals surface area contributed by atoms with E-state index in [1.807, 2.05) is 47.2 Å². The zero-order valence-corrected chi connectivity index (χ0v) is 15.1. The van der Waals surface area contributed by atoms with Crippen LogP contribution in [0.15, 0.2) is 30.3 Å². The van der Waals surface area contributed by atoms with Gasteiger partial charge in [0.1, 0.15) is 0 Å². The molecule has 0 spiro atoms. The predicted molar refractivity (Wildman–Crippen MR) is 98.1 cm³/mol. The van der Waals surface area contributed by atoms with Crippen molar-refractivity contribution in [3.05, 3.63) is 35.9 Å². The van der Waals surface area contributed by atoms with Crippen molar-refractivity contribution in [3.8, 4) is 0 Å². The Morgan fingerprint density at radius 3 is 2.64 bits per heavy atom. The third-order valence-corrected chi connectivity index (χ3v) is 5.42. The average Bonchev–Trinajstić information content (AvgIpc) is 3.10. The van der Waals surface area contributed by atoms with Crippen molar-refractivity contribution in [1.29, 1.82) is 0 Å². The van der Waals surface area contributed by atoms with Crippen LogP contribution in [-0.4, -0.2) is 60.9 Å². The first-order valence-corrected chi connectivity index (χ1v) is 9.46. The summed E-state index contributed by atoms with van der Waals surface area (Å²) in [5, 5.41) is 3.19. The maximum absolute atomic E-state index is 13.0. The number of amides is 2. The van der Waals surface area contributed by atoms with E-state index in [4.69, 9.17) is 0 Å². The molecule has 2 unspecified atom stereocenters. The third kappa shape index (κ3) is 4.40. The van der Waals surface area contributed by atoms with Gasteiger partial charge in [0.2, 0.25) is 11.8 Å². The van der Waals surface area contributed by atoms with Crippen LogP contribution in [0.25, 0.3) is 0 Å². The van der Waals surface area contributed by atoms with Gasteiger partial charge < -0.3 is 15.1 Å². The number of hydrogen-bond acceptors (Lipinski definition) is 3. The Hall–Kier alpha value is -1.88. The van der Waals surface area contributed by atoms with Crippen molar-refractivity contribution in [2.24, 2.45) is 5.92 Å². The first-order chi connectivity index (χ1) is 12.2. The van der Waals surface area contributed by atoms with Gasteiger partial charge in [0.15, 0.2) is 0 Å². The van der Waals surface area contributed by atoms with Crippen molar-refractivity contribution in [2.75, 3.05) is 33.2 Å². The predicted octanol–water partition coefficient (Wildman–Crippen LogP) is 1.68. The number of carbonyl (C=O) groups excluding carboxylic acids is 2. The summed E-state index contributed by atoms with van der Waals surface area (Å²) in [6, 6.07) is 10.2. The van der Waals surface area contributed by atoms with E-state index < -0.39 is 0 Å². The number of likely N-dealkylation sites (tertiary alicyclic amines) is 2. The second kappa shape index (κ2) is 8.48. The highest BCUT2D eigenvalue weighted by atomic mass is 16.2. The summed E-state index contributed by atoms with van der Waals surface area (Å²) in [5.74, 6) is 0.345. The highest BCUT2D eigenvalue weighted by Gasteiger charge is 2.35. The van der Waals surface area contributed by atoms with Crippen molar-refractivity contribution in [1.82, 2.24) is 15.1 Å². The number of nitrogens with zero attached hydrogens (tertiary/aromatic N) is 2. The molecule has 3 rings (SSSR count). The third-order valence-electron chi connectivity index (χ3n) is 5.42. The van der Waals surface area contributed by atoms with Crippen molar-refractivity contribution >= 4 is 11.8 Å². The van der Waals surface area contributed by atoms with E-state index in [9.17, 15) is 9.59 Å². The maximum atomic E-state index is 13.0. The van der Waals surface area contributed by atoms with Gasteiger partial charge in [0.25, 0.3) is 0 Å². The molecule has 0 bridgehead atoms. The largest absolute Gasteiger partial charge is 0.342 e. The molecule has 0 radical (unpaired) electrons. The maximum Gasteiger partial charge on any atom is 0.227 e. The van der Waals surface area contributed by atoms with E-state index in [1.165, 1.54) is 0 Å². The summed E-state index contributed by atoms with van der Waals surface area (Å²) in [6.07, 6.45) is 4.41. The standard InChI is InChI=1S/C20H29N3O2/c1-21-14-18-10-6-12-23(18)20(25)17-9-5-11-22(15-17)19(24)13-16-7-3-2-4-8-16/h2-4,7-8,17-18,21H,5-6,9-15H2,1H3. The molecule has 0 aromatic heterocycles. The van der Waals surface area contributed by atoms with Gasteiger partial charge in [-0.1, -0.05) is 30.3 Å². The Bertz CT molecular complexity index is 590. The fourth-order valence-electron chi connectivity index (χ4n) is 4.10. The molecule has 2 heterocycles. The summed E-state index contributed by atoms with van der Waals surface area (Å²) in [7, 11) is 1.94. The number of benzene rings is 1. The SMILES string of the molecule is CNCC1CCCN1C(=O)C1CCCN(C(=O)Cc2ccccc2)C1. The Morgan fingerprint density at radius 1 is 1.12 bits per heavy atom. The molecule has 0 aliphatic carbocycles. The fourth-order valence-corrected chi connectivity index (χ4v) is 4.10. The van der Waals surface area contributed by atoms with E-state index in [0.717, 1.165) is 50.9 Å². The molecular weight excluding hydrogens is 314 g/mol. The van der Waals surface area contributed by atoms with Crippen LogP contribution in [-0.2, 0) is 16.0 Å². The van der Waals surface area contributed by atoms with Crippen LogP contribution < -0.4 is 5.32 Å². The molecule has 25 heavy (non-hydrogen) atoms. The van der Waals surface area contributed by atoms with Gasteiger partial charge in [-0.05, 0) is 38.3 Å². The summed E-state index contributed by atoms with van der Waals surface area (Å²) < 4.78 is 0. The summed E-state index contributed by atoms with van der Waals surface area (Å²) in [4.78, 5) is 29.5. The van der Waals surface area contributed by atoms with Crippen molar-refractivity contribution in [3.63, 3.8) is 0 Å². The van der Waals surface area contributed by atoms with Gasteiger partial charge in [0.05, 0.1) is 12.3 Å². The first kappa shape index (κ1) is 17.9. The Balaban J connectivity index is 1.58. The zero-order chi connectivity index (χ0) is 17.6. The highest BCUT2D eigenvalue weighted by Crippen LogP contribution is 2.25. The van der Waals surface area contributed by atoms with Gasteiger partial charge in [-0.3, -0.25) is 9.59 Å². The lowest BCUT2D eigenvalue weighted by molar-refractivity contribution is -0.141. The van der Waals surface area contributed by atoms with E-state index in [0.29, 0.717) is 19.0 Å². The van der Waals surface area contributed by atoms with Gasteiger partial charge in [-0.2, -0.15) is 0 Å².